The fourth-order valence-electron chi connectivity index (χ4n) is 2.88. The predicted molar refractivity (Wildman–Crippen MR) is 97.1 cm³/mol. The van der Waals surface area contributed by atoms with E-state index in [0.29, 0.717) is 11.8 Å². The molecule has 0 bridgehead atoms. The van der Waals surface area contributed by atoms with Crippen molar-refractivity contribution >= 4 is 5.96 Å². The van der Waals surface area contributed by atoms with Crippen LogP contribution in [0.4, 0.5) is 0 Å². The Kier molecular flexibility index (Phi) is 7.34. The molecule has 1 fully saturated rings. The lowest BCUT2D eigenvalue weighted by molar-refractivity contribution is 0.158. The monoisotopic (exact) mass is 334 g/mol. The molecule has 24 heavy (non-hydrogen) atoms. The standard InChI is InChI=1S/C18H30N4O2/c1-4-19-18(20-12-16(23)17-6-5-11-24-17)21-15-7-9-22(10-8-15)13-14(2)3/h5-6,11,15-16,23H,2,4,7-10,12-13H2,1,3H3,(H2,19,20,21). The number of piperidine rings is 1. The van der Waals surface area contributed by atoms with Crippen LogP contribution in [0.2, 0.25) is 0 Å². The molecule has 0 radical (unpaired) electrons. The maximum atomic E-state index is 10.1. The first kappa shape index (κ1) is 18.5. The van der Waals surface area contributed by atoms with Gasteiger partial charge < -0.3 is 20.2 Å². The molecule has 2 rings (SSSR count). The smallest absolute Gasteiger partial charge is 0.191 e. The molecule has 1 aromatic heterocycles. The number of hydrogen-bond donors (Lipinski definition) is 3. The molecule has 0 amide bonds. The molecule has 0 saturated carbocycles. The normalized spacial score (nSPS) is 18.4. The highest BCUT2D eigenvalue weighted by Crippen LogP contribution is 2.14. The maximum Gasteiger partial charge on any atom is 0.191 e. The molecule has 1 aromatic rings. The van der Waals surface area contributed by atoms with Crippen molar-refractivity contribution in [2.45, 2.75) is 38.8 Å². The summed E-state index contributed by atoms with van der Waals surface area (Å²) in [6.07, 6.45) is 3.01. The number of aliphatic hydroxyl groups is 1. The first-order valence-electron chi connectivity index (χ1n) is 8.71. The number of hydrogen-bond acceptors (Lipinski definition) is 4. The fraction of sp³-hybridized carbons (Fsp3) is 0.611. The van der Waals surface area contributed by atoms with E-state index in [1.807, 2.05) is 6.92 Å². The summed E-state index contributed by atoms with van der Waals surface area (Å²) in [6, 6.07) is 3.94. The molecule has 1 saturated heterocycles. The van der Waals surface area contributed by atoms with Crippen LogP contribution in [0.15, 0.2) is 40.0 Å². The highest BCUT2D eigenvalue weighted by Gasteiger charge is 2.20. The molecular formula is C18H30N4O2. The summed E-state index contributed by atoms with van der Waals surface area (Å²) in [5.41, 5.74) is 1.21. The van der Waals surface area contributed by atoms with E-state index in [2.05, 4.69) is 34.0 Å². The van der Waals surface area contributed by atoms with Crippen LogP contribution in [0.1, 0.15) is 38.6 Å². The Hall–Kier alpha value is -1.79. The van der Waals surface area contributed by atoms with Gasteiger partial charge in [-0.25, -0.2) is 0 Å². The lowest BCUT2D eigenvalue weighted by atomic mass is 10.0. The SMILES string of the molecule is C=C(C)CN1CCC(NC(=NCC(O)c2ccco2)NCC)CC1. The van der Waals surface area contributed by atoms with Gasteiger partial charge in [0.1, 0.15) is 11.9 Å². The summed E-state index contributed by atoms with van der Waals surface area (Å²) < 4.78 is 5.21. The van der Waals surface area contributed by atoms with Gasteiger partial charge in [0.15, 0.2) is 5.96 Å². The van der Waals surface area contributed by atoms with E-state index in [1.165, 1.54) is 5.57 Å². The molecule has 0 spiro atoms. The van der Waals surface area contributed by atoms with Crippen LogP contribution in [0.25, 0.3) is 0 Å². The molecule has 1 aliphatic rings. The molecule has 3 N–H and O–H groups in total. The van der Waals surface area contributed by atoms with Crippen molar-refractivity contribution in [2.75, 3.05) is 32.7 Å². The van der Waals surface area contributed by atoms with Gasteiger partial charge in [0.25, 0.3) is 0 Å². The Balaban J connectivity index is 1.82. The van der Waals surface area contributed by atoms with E-state index in [9.17, 15) is 5.11 Å². The minimum Gasteiger partial charge on any atom is -0.467 e. The Bertz CT molecular complexity index is 519. The average Bonchev–Trinajstić information content (AvgIpc) is 3.08. The third-order valence-electron chi connectivity index (χ3n) is 4.06. The molecule has 1 unspecified atom stereocenters. The van der Waals surface area contributed by atoms with Crippen molar-refractivity contribution < 1.29 is 9.52 Å². The molecule has 134 valence electrons. The second-order valence-electron chi connectivity index (χ2n) is 6.40. The van der Waals surface area contributed by atoms with E-state index in [4.69, 9.17) is 4.42 Å². The lowest BCUT2D eigenvalue weighted by Crippen LogP contribution is -2.49. The van der Waals surface area contributed by atoms with E-state index in [0.717, 1.165) is 45.0 Å². The van der Waals surface area contributed by atoms with E-state index < -0.39 is 6.10 Å². The van der Waals surface area contributed by atoms with Crippen LogP contribution in [0, 0.1) is 0 Å². The third kappa shape index (κ3) is 6.02. The topological polar surface area (TPSA) is 73.0 Å². The maximum absolute atomic E-state index is 10.1. The van der Waals surface area contributed by atoms with Gasteiger partial charge in [-0.1, -0.05) is 12.2 Å². The number of aliphatic imine (C=N–C) groups is 1. The van der Waals surface area contributed by atoms with E-state index in [1.54, 1.807) is 18.4 Å². The summed E-state index contributed by atoms with van der Waals surface area (Å²) in [7, 11) is 0. The lowest BCUT2D eigenvalue weighted by Gasteiger charge is -2.33. The van der Waals surface area contributed by atoms with Crippen molar-refractivity contribution in [3.8, 4) is 0 Å². The zero-order valence-corrected chi connectivity index (χ0v) is 14.8. The Morgan fingerprint density at radius 2 is 2.25 bits per heavy atom. The number of aliphatic hydroxyl groups excluding tert-OH is 1. The van der Waals surface area contributed by atoms with Crippen LogP contribution in [-0.4, -0.2) is 54.7 Å². The van der Waals surface area contributed by atoms with E-state index >= 15 is 0 Å². The number of furan rings is 1. The highest BCUT2D eigenvalue weighted by molar-refractivity contribution is 5.80. The minimum absolute atomic E-state index is 0.275. The fourth-order valence-corrected chi connectivity index (χ4v) is 2.88. The molecule has 6 heteroatoms. The van der Waals surface area contributed by atoms with Crippen molar-refractivity contribution in [1.29, 1.82) is 0 Å². The van der Waals surface area contributed by atoms with E-state index in [-0.39, 0.29) is 6.54 Å². The van der Waals surface area contributed by atoms with Gasteiger partial charge in [-0.05, 0) is 38.8 Å². The summed E-state index contributed by atoms with van der Waals surface area (Å²) >= 11 is 0. The van der Waals surface area contributed by atoms with Crippen LogP contribution >= 0.6 is 0 Å². The zero-order chi connectivity index (χ0) is 17.4. The molecule has 6 nitrogen and oxygen atoms in total. The van der Waals surface area contributed by atoms with Gasteiger partial charge in [-0.2, -0.15) is 0 Å². The van der Waals surface area contributed by atoms with Crippen LogP contribution in [0.5, 0.6) is 0 Å². The first-order valence-corrected chi connectivity index (χ1v) is 8.71. The summed E-state index contributed by atoms with van der Waals surface area (Å²) in [5.74, 6) is 1.30. The van der Waals surface area contributed by atoms with Crippen LogP contribution < -0.4 is 10.6 Å². The third-order valence-corrected chi connectivity index (χ3v) is 4.06. The van der Waals surface area contributed by atoms with Crippen molar-refractivity contribution in [3.05, 3.63) is 36.3 Å². The van der Waals surface area contributed by atoms with Crippen LogP contribution in [0.3, 0.4) is 0 Å². The van der Waals surface area contributed by atoms with Crippen molar-refractivity contribution in [1.82, 2.24) is 15.5 Å². The Morgan fingerprint density at radius 1 is 1.50 bits per heavy atom. The summed E-state index contributed by atoms with van der Waals surface area (Å²) in [5, 5.41) is 16.8. The summed E-state index contributed by atoms with van der Waals surface area (Å²) in [4.78, 5) is 6.92. The van der Waals surface area contributed by atoms with Crippen molar-refractivity contribution in [3.63, 3.8) is 0 Å². The largest absolute Gasteiger partial charge is 0.467 e. The second-order valence-corrected chi connectivity index (χ2v) is 6.40. The molecule has 2 heterocycles. The van der Waals surface area contributed by atoms with Gasteiger partial charge in [0, 0.05) is 32.2 Å². The molecule has 0 aliphatic carbocycles. The van der Waals surface area contributed by atoms with Crippen LogP contribution in [-0.2, 0) is 0 Å². The zero-order valence-electron chi connectivity index (χ0n) is 14.8. The Labute approximate surface area is 144 Å². The highest BCUT2D eigenvalue weighted by atomic mass is 16.4. The van der Waals surface area contributed by atoms with Gasteiger partial charge in [0.05, 0.1) is 12.8 Å². The first-order chi connectivity index (χ1) is 11.6. The van der Waals surface area contributed by atoms with Gasteiger partial charge in [-0.15, -0.1) is 0 Å². The molecule has 1 atom stereocenters. The van der Waals surface area contributed by atoms with Gasteiger partial charge in [-0.3, -0.25) is 9.89 Å². The van der Waals surface area contributed by atoms with Crippen molar-refractivity contribution in [2.24, 2.45) is 4.99 Å². The van der Waals surface area contributed by atoms with Gasteiger partial charge >= 0.3 is 0 Å². The molecule has 0 aromatic carbocycles. The number of likely N-dealkylation sites (tertiary alicyclic amines) is 1. The molecular weight excluding hydrogens is 304 g/mol. The minimum atomic E-state index is -0.715. The number of guanidine groups is 1. The summed E-state index contributed by atoms with van der Waals surface area (Å²) in [6.45, 7) is 12.3. The average molecular weight is 334 g/mol. The number of rotatable bonds is 7. The Morgan fingerprint density at radius 3 is 2.83 bits per heavy atom. The van der Waals surface area contributed by atoms with Gasteiger partial charge in [0.2, 0.25) is 0 Å². The number of nitrogens with zero attached hydrogens (tertiary/aromatic N) is 2. The predicted octanol–water partition coefficient (Wildman–Crippen LogP) is 1.91. The molecule has 1 aliphatic heterocycles. The second kappa shape index (κ2) is 9.49. The number of nitrogens with one attached hydrogen (secondary N) is 2. The quantitative estimate of drug-likeness (QED) is 0.404.